The van der Waals surface area contributed by atoms with Crippen LogP contribution in [0.25, 0.3) is 0 Å². The molecule has 0 aromatic carbocycles. The Balaban J connectivity index is -0.00000488. The van der Waals surface area contributed by atoms with Crippen LogP contribution in [0.4, 0.5) is 0 Å². The molecule has 38 atom stereocenters. The summed E-state index contributed by atoms with van der Waals surface area (Å²) in [7, 11) is -56.1. The standard InChI is InChI=1S/C50H76N4O67S9.13Na/c1-7(55)51-14-18(57)28(109-47-23(62)21(60)33(37(116-47)41(69)70)114-45-16(53-123(76,77)78)20(59)29(12(107-45)5-102-126(85,86)87)110-49-26(119-128(91,92)93)8(56)2-9(104-49)39(65)66)11(4-101-125(82,83)84)106-44(14)113-32-22(61)24(63)48(117-36(32)40(67)68)112-30-13(6-103-127(88,89)90)108-46(17(54-124(79,80)81)31(30)120-129(94,95)96)115-34-25(64)35(121-130(97,98)99)50(118-38(34)42(71)72)111-27-10-3-100-43(105-10)15(19(27)58)52-122(73,74)75;;;;;;;;;;;;;/h2,8,10-38,43-50,52-54,56-64H,3-6H2,1H3,(H,51,55)(H,65,66)(H,67,68)(H,69,70)(H,71,72)(H,73,74,75)(H,76,77,78)(H,79,80,81)(H,82,83,84)(H,85,86,87)(H,88,89,90)(H,91,92,93)(H,94,95,96)(H,97,98,99);;;;;;;;;;;;;/q;13*+1/p-13/t8-,10+,11+,12+,13+,14+,15-,16+,17+,18+,19+,20+,21+,22+,23+,24+,25-,26+,27+,28+,29+,30+,31+,32-,33-,34-,35+,36-,37+,38+,43-,44+,45+,46+,47+,48+,49-,50+;;;;;;;;;;;;;/m0............./s1. The van der Waals surface area contributed by atoms with Gasteiger partial charge in [-0.2, -0.15) is 0 Å². The van der Waals surface area contributed by atoms with Crippen molar-refractivity contribution in [2.45, 2.75) is 240 Å². The van der Waals surface area contributed by atoms with Gasteiger partial charge in [-0.3, -0.25) is 29.9 Å². The van der Waals surface area contributed by atoms with Crippen molar-refractivity contribution in [2.75, 3.05) is 26.4 Å². The van der Waals surface area contributed by atoms with Gasteiger partial charge in [0.25, 0.3) is 0 Å². The van der Waals surface area contributed by atoms with Crippen LogP contribution in [0.5, 0.6) is 0 Å². The van der Waals surface area contributed by atoms with Crippen molar-refractivity contribution >= 4 is 123 Å². The first-order valence-corrected chi connectivity index (χ1v) is 46.9. The Morgan fingerprint density at radius 2 is 0.636 bits per heavy atom. The fourth-order valence-corrected chi connectivity index (χ4v) is 17.9. The van der Waals surface area contributed by atoms with Gasteiger partial charge in [-0.05, 0) is 6.08 Å². The van der Waals surface area contributed by atoms with Crippen LogP contribution >= 0.6 is 0 Å². The molecule has 9 heterocycles. The van der Waals surface area contributed by atoms with E-state index < -0.39 is 388 Å². The smallest absolute Gasteiger partial charge is 0.735 e. The zero-order chi connectivity index (χ0) is 97.8. The molecular weight excluding hydrogens is 2320 g/mol. The molecule has 0 aromatic heterocycles. The van der Waals surface area contributed by atoms with Crippen molar-refractivity contribution in [3.8, 4) is 0 Å². The topological polar surface area (TPSA) is 1130 Å². The van der Waals surface area contributed by atoms with E-state index in [2.05, 4.69) is 25.1 Å². The van der Waals surface area contributed by atoms with Crippen molar-refractivity contribution in [3.63, 3.8) is 0 Å². The number of hydrogen-bond donors (Lipinski definition) is 13. The van der Waals surface area contributed by atoms with Gasteiger partial charge in [-0.15, -0.1) is 0 Å². The van der Waals surface area contributed by atoms with Crippen molar-refractivity contribution in [2.24, 2.45) is 0 Å². The van der Waals surface area contributed by atoms with E-state index in [0.29, 0.717) is 6.92 Å². The predicted molar refractivity (Wildman–Crippen MR) is 346 cm³/mol. The number of hydrogen-bond acceptors (Lipinski definition) is 67. The van der Waals surface area contributed by atoms with E-state index >= 15 is 0 Å². The van der Waals surface area contributed by atoms with E-state index in [-0.39, 0.29) is 390 Å². The molecule has 9 aliphatic rings. The number of carboxylic acids is 4. The van der Waals surface area contributed by atoms with Crippen molar-refractivity contribution < 1.29 is 692 Å². The summed E-state index contributed by atoms with van der Waals surface area (Å²) >= 11 is 0. The van der Waals surface area contributed by atoms with Crippen LogP contribution < -0.4 is 424 Å². The van der Waals surface area contributed by atoms with Crippen LogP contribution in [-0.4, -0.2) is 452 Å². The molecule has 0 radical (unpaired) electrons. The number of aliphatic carboxylic acids is 4. The summed E-state index contributed by atoms with van der Waals surface area (Å²) in [5.41, 5.74) is 0. The number of amides is 1. The average molecular weight is 2380 g/mol. The maximum atomic E-state index is 13.2. The predicted octanol–water partition coefficient (Wildman–Crippen LogP) is -65.9. The van der Waals surface area contributed by atoms with Gasteiger partial charge >= 0.3 is 384 Å². The molecule has 0 aromatic rings. The maximum Gasteiger partial charge on any atom is 1.00 e. The molecule has 1 amide bonds. The number of carbonyl (C=O) groups is 5. The third kappa shape index (κ3) is 46.6. The average Bonchev–Trinajstić information content (AvgIpc) is 1.41. The Hall–Kier alpha value is 7.76. The largest absolute Gasteiger partial charge is 1.00 e. The van der Waals surface area contributed by atoms with Crippen LogP contribution in [0, 0.1) is 0 Å². The molecule has 752 valence electrons. The third-order valence-electron chi connectivity index (χ3n) is 18.8. The molecule has 9 aliphatic heterocycles. The molecule has 0 unspecified atom stereocenters. The first-order valence-electron chi connectivity index (χ1n) is 34.7. The number of aliphatic hydroxyl groups is 9. The van der Waals surface area contributed by atoms with Gasteiger partial charge < -0.3 is 208 Å². The Kier molecular flexibility index (Phi) is 73.0. The van der Waals surface area contributed by atoms with E-state index in [1.807, 2.05) is 5.32 Å². The molecule has 13 N–H and O–H groups in total. The van der Waals surface area contributed by atoms with Crippen LogP contribution in [-0.2, 0) is 218 Å². The normalized spacial score (nSPS) is 36.8. The number of carbonyl (C=O) groups excluding carboxylic acids is 5. The minimum absolute atomic E-state index is 0. The minimum atomic E-state index is -6.77. The van der Waals surface area contributed by atoms with Gasteiger partial charge in [0.15, 0.2) is 87.2 Å². The van der Waals surface area contributed by atoms with E-state index in [0.717, 1.165) is 9.44 Å². The molecular formula is C50H63N4Na13O67S9. The summed E-state index contributed by atoms with van der Waals surface area (Å²) in [6.07, 6.45) is -102. The first kappa shape index (κ1) is 159. The SMILES string of the molecule is CC(=O)N[C@H]1[C@@H](O[C@H]2[C@H](O)[C@@H](O)[C@H](O[C@H]3[C@H](OS(=O)(=O)[O-])[C@@H](NS(=O)(=O)[O-])[C@@H](O[C@H]4[C@H](O)[C@@H](OS(=O)(=O)[O-])[C@H](O[C@H]5[C@H](O)[C@H](NS(=O)(=O)[O-])[C@H]6OC[C@H]5O6)O[C@H]4C(=O)[O-])O[C@@H]3COS(=O)(=O)[O-])O[C@@H]2C(=O)[O-])O[C@H](COS(=O)(=O)[O-])[C@@H](O[C@@H]2O[C@@H](C(=O)[O-])[C@@H](O[C@H]3O[C@H](COS(=O)(=O)[O-])[C@@H](O[C@@H]4OC(C(=O)[O-])=C[C@H](O)[C@H]4OS(=O)(=O)[O-])[C@H](O)[C@H]3NS(=O)(=O)[O-])[C@H](O)[C@H]2O)[C@@H]1O.[Na+].[Na+].[Na+].[Na+].[Na+].[Na+].[Na+].[Na+].[Na+].[Na+].[Na+].[Na+].[Na+]. The number of ether oxygens (including phenoxy) is 16. The van der Waals surface area contributed by atoms with Crippen molar-refractivity contribution in [1.29, 1.82) is 0 Å². The second kappa shape index (κ2) is 65.6. The van der Waals surface area contributed by atoms with Gasteiger partial charge in [0.05, 0.1) is 44.3 Å². The molecule has 2 bridgehead atoms. The van der Waals surface area contributed by atoms with Gasteiger partial charge in [0.1, 0.15) is 182 Å². The van der Waals surface area contributed by atoms with Crippen LogP contribution in [0.15, 0.2) is 11.8 Å². The summed E-state index contributed by atoms with van der Waals surface area (Å²) in [5.74, 6) is -13.7. The van der Waals surface area contributed by atoms with Crippen LogP contribution in [0.3, 0.4) is 0 Å². The third-order valence-corrected chi connectivity index (χ3v) is 23.2. The molecule has 8 fully saturated rings. The summed E-state index contributed by atoms with van der Waals surface area (Å²) in [6.45, 7) is -6.28. The van der Waals surface area contributed by atoms with Gasteiger partial charge in [-0.1, -0.05) is 0 Å². The molecule has 9 rings (SSSR count). The van der Waals surface area contributed by atoms with E-state index in [1.165, 1.54) is 4.72 Å². The molecule has 0 aliphatic carbocycles. The Morgan fingerprint density at radius 3 is 1.01 bits per heavy atom. The Bertz CT molecular complexity index is 5260. The second-order valence-corrected chi connectivity index (χ2v) is 37.3. The number of nitrogens with one attached hydrogen (secondary N) is 4. The fourth-order valence-electron chi connectivity index (χ4n) is 13.8. The maximum absolute atomic E-state index is 13.2. The summed E-state index contributed by atoms with van der Waals surface area (Å²) in [5, 5.41) is 157. The number of rotatable bonds is 40. The van der Waals surface area contributed by atoms with Gasteiger partial charge in [-0.25, -0.2) is 89.9 Å². The summed E-state index contributed by atoms with van der Waals surface area (Å²) in [4.78, 5) is 63.8. The molecule has 143 heavy (non-hydrogen) atoms. The molecule has 93 heteroatoms. The monoisotopic (exact) mass is 2380 g/mol. The molecule has 0 spiro atoms. The van der Waals surface area contributed by atoms with E-state index in [1.54, 1.807) is 0 Å². The number of aliphatic hydroxyl groups excluding tert-OH is 9. The molecule has 71 nitrogen and oxygen atoms in total. The second-order valence-electron chi connectivity index (χ2n) is 27.7. The summed E-state index contributed by atoms with van der Waals surface area (Å²) in [6, 6.07) is -11.3. The van der Waals surface area contributed by atoms with Gasteiger partial charge in [0, 0.05) is 6.92 Å². The summed E-state index contributed by atoms with van der Waals surface area (Å²) < 4.78 is 440. The molecule has 8 saturated heterocycles. The Morgan fingerprint density at radius 1 is 0.329 bits per heavy atom. The number of carboxylic acid groups (broad SMARTS) is 4. The van der Waals surface area contributed by atoms with Crippen molar-refractivity contribution in [1.82, 2.24) is 19.5 Å². The van der Waals surface area contributed by atoms with E-state index in [9.17, 15) is 207 Å². The zero-order valence-corrected chi connectivity index (χ0v) is 109. The Labute approximate surface area is 1090 Å². The zero-order valence-electron chi connectivity index (χ0n) is 75.7. The van der Waals surface area contributed by atoms with Crippen LogP contribution in [0.1, 0.15) is 6.92 Å². The number of fused-ring (bicyclic) bond motifs is 2. The quantitative estimate of drug-likeness (QED) is 0.0154. The van der Waals surface area contributed by atoms with Gasteiger partial charge in [0.2, 0.25) is 74.6 Å². The van der Waals surface area contributed by atoms with Crippen LogP contribution in [0.2, 0.25) is 0 Å². The first-order chi connectivity index (χ1) is 59.4. The van der Waals surface area contributed by atoms with E-state index in [4.69, 9.17) is 75.8 Å². The minimum Gasteiger partial charge on any atom is -0.735 e. The van der Waals surface area contributed by atoms with Crippen molar-refractivity contribution in [3.05, 3.63) is 11.8 Å². The fraction of sp³-hybridized carbons (Fsp3) is 0.860. The molecule has 0 saturated carbocycles.